The number of carbonyl (C=O) groups excluding carboxylic acids is 1. The van der Waals surface area contributed by atoms with E-state index in [1.165, 1.54) is 27.6 Å². The molecule has 0 spiro atoms. The summed E-state index contributed by atoms with van der Waals surface area (Å²) >= 11 is 8.61. The monoisotopic (exact) mass is 322 g/mol. The number of carbonyl (C=O) groups is 1. The summed E-state index contributed by atoms with van der Waals surface area (Å²) in [6.07, 6.45) is 4.23. The minimum Gasteiger partial charge on any atom is -0.312 e. The van der Waals surface area contributed by atoms with Gasteiger partial charge in [0, 0.05) is 4.88 Å². The highest BCUT2D eigenvalue weighted by Gasteiger charge is 2.22. The SMILES string of the molecule is N#Cc1c(NC(=O)c2ccc(Cl)s2)sc2c1CCCC2. The van der Waals surface area contributed by atoms with Crippen molar-refractivity contribution in [2.24, 2.45) is 0 Å². The maximum absolute atomic E-state index is 12.1. The number of nitrogens with zero attached hydrogens (tertiary/aromatic N) is 1. The van der Waals surface area contributed by atoms with Crippen LogP contribution in [0.2, 0.25) is 4.34 Å². The average molecular weight is 323 g/mol. The van der Waals surface area contributed by atoms with Crippen molar-refractivity contribution in [2.75, 3.05) is 5.32 Å². The molecule has 20 heavy (non-hydrogen) atoms. The number of hydrogen-bond acceptors (Lipinski definition) is 4. The molecule has 0 bridgehead atoms. The van der Waals surface area contributed by atoms with E-state index >= 15 is 0 Å². The molecule has 1 amide bonds. The molecule has 1 aliphatic carbocycles. The van der Waals surface area contributed by atoms with E-state index < -0.39 is 0 Å². The first kappa shape index (κ1) is 13.6. The second-order valence-electron chi connectivity index (χ2n) is 4.58. The van der Waals surface area contributed by atoms with Gasteiger partial charge >= 0.3 is 0 Å². The van der Waals surface area contributed by atoms with Crippen molar-refractivity contribution in [2.45, 2.75) is 25.7 Å². The topological polar surface area (TPSA) is 52.9 Å². The molecule has 102 valence electrons. The van der Waals surface area contributed by atoms with Gasteiger partial charge < -0.3 is 5.32 Å². The smallest absolute Gasteiger partial charge is 0.266 e. The predicted molar refractivity (Wildman–Crippen MR) is 83.0 cm³/mol. The van der Waals surface area contributed by atoms with E-state index in [2.05, 4.69) is 11.4 Å². The Morgan fingerprint density at radius 3 is 2.80 bits per heavy atom. The Morgan fingerprint density at radius 1 is 1.30 bits per heavy atom. The number of nitrogens with one attached hydrogen (secondary N) is 1. The van der Waals surface area contributed by atoms with E-state index in [1.54, 1.807) is 12.1 Å². The van der Waals surface area contributed by atoms with Crippen LogP contribution in [-0.4, -0.2) is 5.91 Å². The molecule has 0 atom stereocenters. The first-order valence-corrected chi connectivity index (χ1v) is 8.31. The lowest BCUT2D eigenvalue weighted by Gasteiger charge is -2.09. The lowest BCUT2D eigenvalue weighted by Crippen LogP contribution is -2.10. The van der Waals surface area contributed by atoms with Crippen LogP contribution in [0.4, 0.5) is 5.00 Å². The number of anilines is 1. The maximum atomic E-state index is 12.1. The molecule has 0 unspecified atom stereocenters. The third kappa shape index (κ3) is 2.47. The van der Waals surface area contributed by atoms with Gasteiger partial charge in [0.15, 0.2) is 0 Å². The number of rotatable bonds is 2. The molecule has 6 heteroatoms. The third-order valence-corrected chi connectivity index (χ3v) is 5.74. The number of aryl methyl sites for hydroxylation is 1. The molecule has 3 nitrogen and oxygen atoms in total. The van der Waals surface area contributed by atoms with Crippen molar-refractivity contribution in [1.82, 2.24) is 0 Å². The van der Waals surface area contributed by atoms with Gasteiger partial charge in [0.1, 0.15) is 11.1 Å². The largest absolute Gasteiger partial charge is 0.312 e. The molecule has 2 aromatic heterocycles. The van der Waals surface area contributed by atoms with Gasteiger partial charge in [-0.3, -0.25) is 4.79 Å². The number of fused-ring (bicyclic) bond motifs is 1. The van der Waals surface area contributed by atoms with Gasteiger partial charge in [0.2, 0.25) is 0 Å². The quantitative estimate of drug-likeness (QED) is 0.887. The number of hydrogen-bond donors (Lipinski definition) is 1. The van der Waals surface area contributed by atoms with Crippen molar-refractivity contribution in [3.63, 3.8) is 0 Å². The molecule has 0 aliphatic heterocycles. The van der Waals surface area contributed by atoms with Crippen LogP contribution in [0.1, 0.15) is 38.5 Å². The van der Waals surface area contributed by atoms with E-state index in [0.717, 1.165) is 31.2 Å². The number of thiophene rings is 2. The van der Waals surface area contributed by atoms with E-state index in [9.17, 15) is 10.1 Å². The predicted octanol–water partition coefficient (Wildman–Crippen LogP) is 4.47. The molecule has 2 aromatic rings. The lowest BCUT2D eigenvalue weighted by molar-refractivity contribution is 0.103. The molecule has 0 saturated carbocycles. The van der Waals surface area contributed by atoms with Gasteiger partial charge in [0.05, 0.1) is 14.8 Å². The summed E-state index contributed by atoms with van der Waals surface area (Å²) in [4.78, 5) is 13.9. The van der Waals surface area contributed by atoms with Crippen LogP contribution < -0.4 is 5.32 Å². The molecule has 1 N–H and O–H groups in total. The van der Waals surface area contributed by atoms with Gasteiger partial charge in [-0.25, -0.2) is 0 Å². The minimum absolute atomic E-state index is 0.197. The minimum atomic E-state index is -0.197. The molecule has 0 fully saturated rings. The van der Waals surface area contributed by atoms with Crippen molar-refractivity contribution in [3.8, 4) is 6.07 Å². The average Bonchev–Trinajstić information content (AvgIpc) is 3.01. The fourth-order valence-electron chi connectivity index (χ4n) is 2.37. The zero-order valence-corrected chi connectivity index (χ0v) is 12.9. The van der Waals surface area contributed by atoms with Gasteiger partial charge in [-0.05, 0) is 43.4 Å². The normalized spacial score (nSPS) is 13.6. The highest BCUT2D eigenvalue weighted by molar-refractivity contribution is 7.18. The van der Waals surface area contributed by atoms with E-state index in [1.807, 2.05) is 0 Å². The van der Waals surface area contributed by atoms with E-state index in [-0.39, 0.29) is 5.91 Å². The van der Waals surface area contributed by atoms with Crippen molar-refractivity contribution in [1.29, 1.82) is 5.26 Å². The third-order valence-electron chi connectivity index (χ3n) is 3.31. The summed E-state index contributed by atoms with van der Waals surface area (Å²) in [6.45, 7) is 0. The first-order chi connectivity index (χ1) is 9.69. The molecule has 2 heterocycles. The Kier molecular flexibility index (Phi) is 3.79. The van der Waals surface area contributed by atoms with Crippen molar-refractivity contribution in [3.05, 3.63) is 37.4 Å². The lowest BCUT2D eigenvalue weighted by atomic mass is 9.96. The zero-order valence-electron chi connectivity index (χ0n) is 10.5. The second-order valence-corrected chi connectivity index (χ2v) is 7.40. The summed E-state index contributed by atoms with van der Waals surface area (Å²) in [5, 5.41) is 12.9. The van der Waals surface area contributed by atoms with Gasteiger partial charge in [-0.2, -0.15) is 5.26 Å². The molecule has 3 rings (SSSR count). The number of amides is 1. The first-order valence-electron chi connectivity index (χ1n) is 6.30. The van der Waals surface area contributed by atoms with Crippen LogP contribution in [0.3, 0.4) is 0 Å². The molecular weight excluding hydrogens is 312 g/mol. The van der Waals surface area contributed by atoms with Crippen LogP contribution >= 0.6 is 34.3 Å². The van der Waals surface area contributed by atoms with Gasteiger partial charge in [-0.1, -0.05) is 11.6 Å². The Morgan fingerprint density at radius 2 is 2.10 bits per heavy atom. The van der Waals surface area contributed by atoms with Crippen LogP contribution in [0.25, 0.3) is 0 Å². The number of nitriles is 1. The highest BCUT2D eigenvalue weighted by atomic mass is 35.5. The molecule has 0 aromatic carbocycles. The van der Waals surface area contributed by atoms with Crippen LogP contribution in [-0.2, 0) is 12.8 Å². The highest BCUT2D eigenvalue weighted by Crippen LogP contribution is 2.38. The number of halogens is 1. The van der Waals surface area contributed by atoms with Gasteiger partial charge in [-0.15, -0.1) is 22.7 Å². The summed E-state index contributed by atoms with van der Waals surface area (Å²) in [7, 11) is 0. The Bertz CT molecular complexity index is 711. The second kappa shape index (κ2) is 5.57. The van der Waals surface area contributed by atoms with Crippen molar-refractivity contribution >= 4 is 45.2 Å². The van der Waals surface area contributed by atoms with Crippen LogP contribution in [0.15, 0.2) is 12.1 Å². The maximum Gasteiger partial charge on any atom is 0.266 e. The molecule has 0 radical (unpaired) electrons. The summed E-state index contributed by atoms with van der Waals surface area (Å²) < 4.78 is 0.584. The fourth-order valence-corrected chi connectivity index (χ4v) is 4.55. The Balaban J connectivity index is 1.89. The van der Waals surface area contributed by atoms with Gasteiger partial charge in [0.25, 0.3) is 5.91 Å². The summed E-state index contributed by atoms with van der Waals surface area (Å²) in [5.41, 5.74) is 1.77. The molecule has 1 aliphatic rings. The Hall–Kier alpha value is -1.35. The molecular formula is C14H11ClN2OS2. The molecule has 0 saturated heterocycles. The Labute approximate surface area is 129 Å². The summed E-state index contributed by atoms with van der Waals surface area (Å²) in [6, 6.07) is 5.64. The standard InChI is InChI=1S/C14H11ClN2OS2/c15-12-6-5-11(19-12)13(18)17-14-9(7-16)8-3-1-2-4-10(8)20-14/h5-6H,1-4H2,(H,17,18). The van der Waals surface area contributed by atoms with Crippen LogP contribution in [0.5, 0.6) is 0 Å². The van der Waals surface area contributed by atoms with Crippen molar-refractivity contribution < 1.29 is 4.79 Å². The van der Waals surface area contributed by atoms with E-state index in [4.69, 9.17) is 11.6 Å². The zero-order chi connectivity index (χ0) is 14.1. The van der Waals surface area contributed by atoms with E-state index in [0.29, 0.717) is 19.8 Å². The van der Waals surface area contributed by atoms with Crippen LogP contribution in [0, 0.1) is 11.3 Å². The fraction of sp³-hybridized carbons (Fsp3) is 0.286. The summed E-state index contributed by atoms with van der Waals surface area (Å²) in [5.74, 6) is -0.197.